The number of benzene rings is 1. The smallest absolute Gasteiger partial charge is 0.253 e. The third-order valence-electron chi connectivity index (χ3n) is 8.41. The van der Waals surface area contributed by atoms with Gasteiger partial charge in [0.05, 0.1) is 11.8 Å². The van der Waals surface area contributed by atoms with Gasteiger partial charge in [-0.25, -0.2) is 0 Å². The Labute approximate surface area is 203 Å². The molecule has 3 fully saturated rings. The van der Waals surface area contributed by atoms with Gasteiger partial charge in [-0.1, -0.05) is 31.0 Å². The lowest BCUT2D eigenvalue weighted by Crippen LogP contribution is -2.54. The van der Waals surface area contributed by atoms with Gasteiger partial charge in [0, 0.05) is 42.5 Å². The number of rotatable bonds is 7. The van der Waals surface area contributed by atoms with Gasteiger partial charge in [-0.3, -0.25) is 38.7 Å². The summed E-state index contributed by atoms with van der Waals surface area (Å²) in [6.07, 6.45) is 7.19. The molecule has 9 heteroatoms. The molecule has 1 aromatic rings. The maximum Gasteiger partial charge on any atom is 0.253 e. The summed E-state index contributed by atoms with van der Waals surface area (Å²) in [6.45, 7) is 1.42. The predicted molar refractivity (Wildman–Crippen MR) is 125 cm³/mol. The van der Waals surface area contributed by atoms with Crippen LogP contribution in [0, 0.1) is 11.8 Å². The van der Waals surface area contributed by atoms with E-state index >= 15 is 0 Å². The number of hydrogen-bond donors (Lipinski definition) is 1. The van der Waals surface area contributed by atoms with Crippen molar-refractivity contribution in [1.82, 2.24) is 14.7 Å². The predicted octanol–water partition coefficient (Wildman–Crippen LogP) is 1.40. The number of imide groups is 2. The Morgan fingerprint density at radius 1 is 0.857 bits per heavy atom. The van der Waals surface area contributed by atoms with Crippen LogP contribution in [0.25, 0.3) is 0 Å². The fraction of sp³-hybridized carbons (Fsp3) is 0.500. The Hall–Kier alpha value is -3.33. The summed E-state index contributed by atoms with van der Waals surface area (Å²) >= 11 is 0. The molecule has 0 radical (unpaired) electrons. The van der Waals surface area contributed by atoms with E-state index in [1.807, 2.05) is 24.3 Å². The first-order valence-electron chi connectivity index (χ1n) is 12.5. The molecule has 0 aliphatic carbocycles. The molecule has 3 saturated heterocycles. The second-order valence-electron chi connectivity index (χ2n) is 10.1. The number of amides is 5. The van der Waals surface area contributed by atoms with Crippen molar-refractivity contribution in [2.45, 2.75) is 50.1 Å². The van der Waals surface area contributed by atoms with Crippen molar-refractivity contribution >= 4 is 35.2 Å². The number of nitrogens with one attached hydrogen (secondary N) is 1. The van der Waals surface area contributed by atoms with Crippen LogP contribution in [0.3, 0.4) is 0 Å². The van der Waals surface area contributed by atoms with Gasteiger partial charge in [0.2, 0.25) is 17.7 Å². The Morgan fingerprint density at radius 2 is 1.54 bits per heavy atom. The van der Waals surface area contributed by atoms with Crippen LogP contribution in [0.2, 0.25) is 0 Å². The first-order chi connectivity index (χ1) is 17.0. The average Bonchev–Trinajstić information content (AvgIpc) is 3.61. The number of hydrogen-bond acceptors (Lipinski definition) is 6. The number of carbonyl (C=O) groups excluding carboxylic acids is 5. The average molecular weight is 477 g/mol. The Bertz CT molecular complexity index is 1160. The SMILES string of the molecule is O=C1C=CC(=O)N1CCCCCCN1C(=O)[C@H]2[C@@H](C1=O)[C@]1(C(=O)Nc3ccccc31)N1CCC[C@@H]21. The molecule has 1 aromatic carbocycles. The normalized spacial score (nSPS) is 31.2. The number of unbranched alkanes of at least 4 members (excludes halogenated alkanes) is 3. The molecule has 1 spiro atoms. The van der Waals surface area contributed by atoms with E-state index in [0.29, 0.717) is 32.5 Å². The Balaban J connectivity index is 1.15. The number of para-hydroxylation sites is 1. The molecular formula is C26H28N4O5. The number of nitrogens with zero attached hydrogens (tertiary/aromatic N) is 3. The van der Waals surface area contributed by atoms with Crippen LogP contribution in [-0.2, 0) is 29.5 Å². The van der Waals surface area contributed by atoms with Gasteiger partial charge in [-0.2, -0.15) is 0 Å². The molecule has 0 bridgehead atoms. The Morgan fingerprint density at radius 3 is 2.29 bits per heavy atom. The van der Waals surface area contributed by atoms with Crippen molar-refractivity contribution in [2.75, 3.05) is 25.0 Å². The first-order valence-corrected chi connectivity index (χ1v) is 12.5. The first kappa shape index (κ1) is 22.2. The van der Waals surface area contributed by atoms with Gasteiger partial charge >= 0.3 is 0 Å². The highest BCUT2D eigenvalue weighted by Gasteiger charge is 2.74. The van der Waals surface area contributed by atoms with Crippen molar-refractivity contribution < 1.29 is 24.0 Å². The van der Waals surface area contributed by atoms with E-state index in [-0.39, 0.29) is 35.6 Å². The van der Waals surface area contributed by atoms with E-state index in [2.05, 4.69) is 10.2 Å². The largest absolute Gasteiger partial charge is 0.324 e. The highest BCUT2D eigenvalue weighted by molar-refractivity contribution is 6.15. The van der Waals surface area contributed by atoms with Crippen LogP contribution in [-0.4, -0.2) is 69.9 Å². The monoisotopic (exact) mass is 476 g/mol. The summed E-state index contributed by atoms with van der Waals surface area (Å²) < 4.78 is 0. The van der Waals surface area contributed by atoms with E-state index in [4.69, 9.17) is 0 Å². The third kappa shape index (κ3) is 3.00. The third-order valence-corrected chi connectivity index (χ3v) is 8.41. The van der Waals surface area contributed by atoms with Gasteiger partial charge in [0.1, 0.15) is 5.54 Å². The minimum Gasteiger partial charge on any atom is -0.324 e. The van der Waals surface area contributed by atoms with Crippen molar-refractivity contribution in [3.8, 4) is 0 Å². The van der Waals surface area contributed by atoms with Gasteiger partial charge < -0.3 is 5.32 Å². The molecule has 0 saturated carbocycles. The molecule has 5 amide bonds. The van der Waals surface area contributed by atoms with E-state index in [0.717, 1.165) is 36.9 Å². The molecule has 1 N–H and O–H groups in total. The summed E-state index contributed by atoms with van der Waals surface area (Å²) in [4.78, 5) is 68.8. The van der Waals surface area contributed by atoms with Crippen LogP contribution in [0.1, 0.15) is 44.1 Å². The second kappa shape index (κ2) is 8.12. The summed E-state index contributed by atoms with van der Waals surface area (Å²) in [6, 6.07) is 7.43. The number of fused-ring (bicyclic) bond motifs is 7. The number of likely N-dealkylation sites (tertiary alicyclic amines) is 1. The topological polar surface area (TPSA) is 107 Å². The molecule has 5 heterocycles. The van der Waals surface area contributed by atoms with Crippen LogP contribution < -0.4 is 5.32 Å². The maximum atomic E-state index is 13.7. The van der Waals surface area contributed by atoms with Gasteiger partial charge in [-0.05, 0) is 38.3 Å². The van der Waals surface area contributed by atoms with Gasteiger partial charge in [0.25, 0.3) is 11.8 Å². The van der Waals surface area contributed by atoms with E-state index in [1.54, 1.807) is 0 Å². The molecule has 6 rings (SSSR count). The van der Waals surface area contributed by atoms with Gasteiger partial charge in [0.15, 0.2) is 0 Å². The standard InChI is InChI=1S/C26H28N4O5/c31-19-11-12-20(32)28(19)13-5-1-2-6-14-29-23(33)21-18-10-7-15-30(18)26(22(21)24(29)34)16-8-3-4-9-17(16)27-25(26)35/h3-4,8-9,11-12,18,21-22H,1-2,5-7,10,13-15H2,(H,27,35)/t18-,21+,22-,26+/m0/s1. The number of anilines is 1. The fourth-order valence-corrected chi connectivity index (χ4v) is 6.98. The minimum absolute atomic E-state index is 0.0949. The number of carbonyl (C=O) groups is 5. The molecule has 35 heavy (non-hydrogen) atoms. The fourth-order valence-electron chi connectivity index (χ4n) is 6.98. The quantitative estimate of drug-likeness (QED) is 0.471. The lowest BCUT2D eigenvalue weighted by atomic mass is 9.75. The highest BCUT2D eigenvalue weighted by Crippen LogP contribution is 2.60. The summed E-state index contributed by atoms with van der Waals surface area (Å²) in [5, 5.41) is 2.98. The van der Waals surface area contributed by atoms with Crippen molar-refractivity contribution in [1.29, 1.82) is 0 Å². The van der Waals surface area contributed by atoms with Crippen molar-refractivity contribution in [2.24, 2.45) is 11.8 Å². The lowest BCUT2D eigenvalue weighted by Gasteiger charge is -2.36. The van der Waals surface area contributed by atoms with Crippen LogP contribution in [0.4, 0.5) is 5.69 Å². The highest BCUT2D eigenvalue weighted by atomic mass is 16.2. The molecule has 5 aliphatic heterocycles. The van der Waals surface area contributed by atoms with E-state index in [9.17, 15) is 24.0 Å². The molecule has 0 unspecified atom stereocenters. The zero-order valence-electron chi connectivity index (χ0n) is 19.4. The van der Waals surface area contributed by atoms with E-state index < -0.39 is 17.4 Å². The Kier molecular flexibility index (Phi) is 5.14. The second-order valence-corrected chi connectivity index (χ2v) is 10.1. The molecule has 182 valence electrons. The molecule has 9 nitrogen and oxygen atoms in total. The minimum atomic E-state index is -1.10. The van der Waals surface area contributed by atoms with Crippen molar-refractivity contribution in [3.05, 3.63) is 42.0 Å². The van der Waals surface area contributed by atoms with Gasteiger partial charge in [-0.15, -0.1) is 0 Å². The molecule has 0 aromatic heterocycles. The molecular weight excluding hydrogens is 448 g/mol. The summed E-state index contributed by atoms with van der Waals surface area (Å²) in [7, 11) is 0. The zero-order chi connectivity index (χ0) is 24.3. The summed E-state index contributed by atoms with van der Waals surface area (Å²) in [5.41, 5.74) is 0.438. The molecule has 5 aliphatic rings. The van der Waals surface area contributed by atoms with Crippen LogP contribution >= 0.6 is 0 Å². The van der Waals surface area contributed by atoms with Crippen LogP contribution in [0.15, 0.2) is 36.4 Å². The molecule has 4 atom stereocenters. The lowest BCUT2D eigenvalue weighted by molar-refractivity contribution is -0.145. The maximum absolute atomic E-state index is 13.7. The van der Waals surface area contributed by atoms with Crippen LogP contribution in [0.5, 0.6) is 0 Å². The zero-order valence-corrected chi connectivity index (χ0v) is 19.4. The van der Waals surface area contributed by atoms with E-state index in [1.165, 1.54) is 22.0 Å². The van der Waals surface area contributed by atoms with Crippen molar-refractivity contribution in [3.63, 3.8) is 0 Å². The summed E-state index contributed by atoms with van der Waals surface area (Å²) in [5.74, 6) is -2.30.